The molecule has 0 saturated heterocycles. The number of halogens is 2. The number of methoxy groups -OCH3 is 1. The van der Waals surface area contributed by atoms with Crippen LogP contribution in [-0.2, 0) is 17.8 Å². The van der Waals surface area contributed by atoms with Crippen molar-refractivity contribution in [3.05, 3.63) is 63.6 Å². The molecule has 0 radical (unpaired) electrons. The number of amides is 1. The second-order valence-corrected chi connectivity index (χ2v) is 5.17. The highest BCUT2D eigenvalue weighted by Crippen LogP contribution is 2.12. The van der Waals surface area contributed by atoms with Gasteiger partial charge in [0, 0.05) is 38.4 Å². The quantitative estimate of drug-likeness (QED) is 0.800. The molecule has 1 aromatic heterocycles. The Kier molecular flexibility index (Phi) is 5.75. The first kappa shape index (κ1) is 17.7. The van der Waals surface area contributed by atoms with Crippen molar-refractivity contribution in [2.75, 3.05) is 20.8 Å². The summed E-state index contributed by atoms with van der Waals surface area (Å²) in [6, 6.07) is 5.71. The van der Waals surface area contributed by atoms with E-state index in [-0.39, 0.29) is 36.5 Å². The van der Waals surface area contributed by atoms with Crippen molar-refractivity contribution in [3.63, 3.8) is 0 Å². The third-order valence-electron chi connectivity index (χ3n) is 3.36. The zero-order valence-corrected chi connectivity index (χ0v) is 13.3. The van der Waals surface area contributed by atoms with Crippen molar-refractivity contribution in [2.45, 2.75) is 13.1 Å². The fourth-order valence-electron chi connectivity index (χ4n) is 2.07. The standard InChI is InChI=1S/C16H17F2N3O3/c1-20(10-11-3-4-12(17)9-13(11)18)16(23)14-5-6-15(22)21(19-14)7-8-24-2/h3-6,9H,7-8,10H2,1-2H3. The van der Waals surface area contributed by atoms with Crippen LogP contribution in [0.4, 0.5) is 8.78 Å². The molecule has 24 heavy (non-hydrogen) atoms. The van der Waals surface area contributed by atoms with Gasteiger partial charge >= 0.3 is 0 Å². The van der Waals surface area contributed by atoms with Gasteiger partial charge in [0.2, 0.25) is 0 Å². The molecule has 0 aliphatic rings. The Balaban J connectivity index is 2.16. The predicted octanol–water partition coefficient (Wildman–Crippen LogP) is 1.44. The van der Waals surface area contributed by atoms with Gasteiger partial charge in [0.1, 0.15) is 17.3 Å². The molecule has 0 atom stereocenters. The maximum atomic E-state index is 13.7. The summed E-state index contributed by atoms with van der Waals surface area (Å²) >= 11 is 0. The van der Waals surface area contributed by atoms with Crippen molar-refractivity contribution in [1.29, 1.82) is 0 Å². The number of carbonyl (C=O) groups is 1. The maximum Gasteiger partial charge on any atom is 0.274 e. The summed E-state index contributed by atoms with van der Waals surface area (Å²) in [6.07, 6.45) is 0. The van der Waals surface area contributed by atoms with Gasteiger partial charge in [-0.25, -0.2) is 13.5 Å². The normalized spacial score (nSPS) is 10.7. The molecule has 0 spiro atoms. The number of carbonyl (C=O) groups excluding carboxylic acids is 1. The lowest BCUT2D eigenvalue weighted by Crippen LogP contribution is -2.31. The van der Waals surface area contributed by atoms with E-state index >= 15 is 0 Å². The van der Waals surface area contributed by atoms with Crippen molar-refractivity contribution in [1.82, 2.24) is 14.7 Å². The van der Waals surface area contributed by atoms with E-state index in [1.165, 1.54) is 37.3 Å². The molecule has 8 heteroatoms. The predicted molar refractivity (Wildman–Crippen MR) is 82.5 cm³/mol. The van der Waals surface area contributed by atoms with Gasteiger partial charge in [-0.3, -0.25) is 9.59 Å². The minimum atomic E-state index is -0.729. The van der Waals surface area contributed by atoms with Gasteiger partial charge in [-0.1, -0.05) is 6.07 Å². The molecule has 1 amide bonds. The smallest absolute Gasteiger partial charge is 0.274 e. The van der Waals surface area contributed by atoms with E-state index in [2.05, 4.69) is 5.10 Å². The second-order valence-electron chi connectivity index (χ2n) is 5.17. The summed E-state index contributed by atoms with van der Waals surface area (Å²) in [6.45, 7) is 0.442. The third kappa shape index (κ3) is 4.23. The van der Waals surface area contributed by atoms with Crippen molar-refractivity contribution in [3.8, 4) is 0 Å². The van der Waals surface area contributed by atoms with Gasteiger partial charge in [-0.15, -0.1) is 0 Å². The number of aromatic nitrogens is 2. The first-order valence-electron chi connectivity index (χ1n) is 7.19. The van der Waals surface area contributed by atoms with E-state index in [1.807, 2.05) is 0 Å². The van der Waals surface area contributed by atoms with E-state index in [0.717, 1.165) is 16.8 Å². The highest BCUT2D eigenvalue weighted by atomic mass is 19.1. The van der Waals surface area contributed by atoms with Crippen LogP contribution in [-0.4, -0.2) is 41.4 Å². The number of hydrogen-bond acceptors (Lipinski definition) is 4. The van der Waals surface area contributed by atoms with E-state index in [9.17, 15) is 18.4 Å². The van der Waals surface area contributed by atoms with Crippen LogP contribution in [0.5, 0.6) is 0 Å². The largest absolute Gasteiger partial charge is 0.383 e. The summed E-state index contributed by atoms with van der Waals surface area (Å²) in [7, 11) is 2.96. The van der Waals surface area contributed by atoms with E-state index in [1.54, 1.807) is 0 Å². The Bertz CT molecular complexity index is 792. The summed E-state index contributed by atoms with van der Waals surface area (Å²) < 4.78 is 32.6. The van der Waals surface area contributed by atoms with Crippen molar-refractivity contribution >= 4 is 5.91 Å². The number of ether oxygens (including phenoxy) is 1. The van der Waals surface area contributed by atoms with Gasteiger partial charge in [0.25, 0.3) is 11.5 Å². The number of benzene rings is 1. The van der Waals surface area contributed by atoms with Gasteiger partial charge in [-0.2, -0.15) is 5.10 Å². The number of nitrogens with zero attached hydrogens (tertiary/aromatic N) is 3. The minimum absolute atomic E-state index is 0.0516. The Hall–Kier alpha value is -2.61. The molecule has 2 aromatic rings. The van der Waals surface area contributed by atoms with E-state index in [4.69, 9.17) is 4.74 Å². The Morgan fingerprint density at radius 3 is 2.71 bits per heavy atom. The monoisotopic (exact) mass is 337 g/mol. The number of rotatable bonds is 6. The lowest BCUT2D eigenvalue weighted by molar-refractivity contribution is 0.0774. The molecule has 0 aliphatic heterocycles. The molecule has 0 aliphatic carbocycles. The topological polar surface area (TPSA) is 64.4 Å². The Morgan fingerprint density at radius 1 is 1.29 bits per heavy atom. The average Bonchev–Trinajstić information content (AvgIpc) is 2.56. The molecule has 0 bridgehead atoms. The summed E-state index contributed by atoms with van der Waals surface area (Å²) in [5.41, 5.74) is -0.119. The van der Waals surface area contributed by atoms with Crippen LogP contribution in [0.15, 0.2) is 35.1 Å². The summed E-state index contributed by atoms with van der Waals surface area (Å²) in [5, 5.41) is 3.99. The maximum absolute atomic E-state index is 13.7. The second kappa shape index (κ2) is 7.78. The highest BCUT2D eigenvalue weighted by molar-refractivity contribution is 5.91. The molecular formula is C16H17F2N3O3. The van der Waals surface area contributed by atoms with Gasteiger partial charge in [-0.05, 0) is 12.1 Å². The molecule has 1 heterocycles. The van der Waals surface area contributed by atoms with Crippen LogP contribution in [0.2, 0.25) is 0 Å². The third-order valence-corrected chi connectivity index (χ3v) is 3.36. The fourth-order valence-corrected chi connectivity index (χ4v) is 2.07. The van der Waals surface area contributed by atoms with Crippen LogP contribution in [0.25, 0.3) is 0 Å². The van der Waals surface area contributed by atoms with E-state index in [0.29, 0.717) is 0 Å². The minimum Gasteiger partial charge on any atom is -0.383 e. The van der Waals surface area contributed by atoms with E-state index < -0.39 is 17.5 Å². The molecule has 128 valence electrons. The lowest BCUT2D eigenvalue weighted by Gasteiger charge is -2.17. The SMILES string of the molecule is COCCn1nc(C(=O)N(C)Cc2ccc(F)cc2F)ccc1=O. The van der Waals surface area contributed by atoms with Crippen molar-refractivity contribution < 1.29 is 18.3 Å². The van der Waals surface area contributed by atoms with Gasteiger partial charge in [0.05, 0.1) is 13.2 Å². The van der Waals surface area contributed by atoms with Gasteiger partial charge < -0.3 is 9.64 Å². The number of hydrogen-bond donors (Lipinski definition) is 0. The highest BCUT2D eigenvalue weighted by Gasteiger charge is 2.16. The van der Waals surface area contributed by atoms with Crippen LogP contribution in [0.3, 0.4) is 0 Å². The van der Waals surface area contributed by atoms with Gasteiger partial charge in [0.15, 0.2) is 0 Å². The first-order chi connectivity index (χ1) is 11.4. The molecule has 0 unspecified atom stereocenters. The van der Waals surface area contributed by atoms with Crippen LogP contribution in [0, 0.1) is 11.6 Å². The lowest BCUT2D eigenvalue weighted by atomic mass is 10.2. The zero-order valence-electron chi connectivity index (χ0n) is 13.3. The molecule has 6 nitrogen and oxygen atoms in total. The van der Waals surface area contributed by atoms with Crippen LogP contribution in [0.1, 0.15) is 16.1 Å². The summed E-state index contributed by atoms with van der Waals surface area (Å²) in [5.74, 6) is -1.89. The fraction of sp³-hybridized carbons (Fsp3) is 0.312. The Labute approximate surface area is 137 Å². The molecule has 0 fully saturated rings. The Morgan fingerprint density at radius 2 is 2.04 bits per heavy atom. The molecule has 0 saturated carbocycles. The summed E-state index contributed by atoms with van der Waals surface area (Å²) in [4.78, 5) is 25.3. The first-order valence-corrected chi connectivity index (χ1v) is 7.19. The molecule has 1 aromatic carbocycles. The molecular weight excluding hydrogens is 320 g/mol. The molecule has 2 rings (SSSR count). The van der Waals surface area contributed by atoms with Crippen molar-refractivity contribution in [2.24, 2.45) is 0 Å². The average molecular weight is 337 g/mol. The molecule has 0 N–H and O–H groups in total. The van der Waals surface area contributed by atoms with Crippen LogP contribution < -0.4 is 5.56 Å². The van der Waals surface area contributed by atoms with Crippen LogP contribution >= 0.6 is 0 Å². The zero-order chi connectivity index (χ0) is 17.7.